The fourth-order valence-corrected chi connectivity index (χ4v) is 1.43. The standard InChI is InChI=1S/C10H16F3N5/c1-15-4-5-18(7-10(11,12)13)6-9-16-3-2-8(14)17-9/h2-3,15H,4-7H2,1H3,(H2,14,16,17). The molecule has 1 aromatic heterocycles. The first-order valence-corrected chi connectivity index (χ1v) is 5.42. The summed E-state index contributed by atoms with van der Waals surface area (Å²) >= 11 is 0. The second-order valence-corrected chi connectivity index (χ2v) is 3.83. The maximum absolute atomic E-state index is 12.4. The van der Waals surface area contributed by atoms with Gasteiger partial charge in [-0.25, -0.2) is 9.97 Å². The van der Waals surface area contributed by atoms with Gasteiger partial charge in [0.2, 0.25) is 0 Å². The van der Waals surface area contributed by atoms with Gasteiger partial charge in [-0.1, -0.05) is 0 Å². The highest BCUT2D eigenvalue weighted by Gasteiger charge is 2.30. The summed E-state index contributed by atoms with van der Waals surface area (Å²) < 4.78 is 37.2. The number of nitrogens with one attached hydrogen (secondary N) is 1. The van der Waals surface area contributed by atoms with Crippen LogP contribution in [0, 0.1) is 0 Å². The van der Waals surface area contributed by atoms with Crippen LogP contribution in [-0.4, -0.2) is 47.7 Å². The Hall–Kier alpha value is -1.41. The lowest BCUT2D eigenvalue weighted by molar-refractivity contribution is -0.147. The van der Waals surface area contributed by atoms with E-state index in [0.29, 0.717) is 6.54 Å². The number of rotatable bonds is 6. The third-order valence-electron chi connectivity index (χ3n) is 2.17. The van der Waals surface area contributed by atoms with Gasteiger partial charge in [-0.05, 0) is 13.1 Å². The van der Waals surface area contributed by atoms with Gasteiger partial charge in [0.05, 0.1) is 13.1 Å². The maximum Gasteiger partial charge on any atom is 0.401 e. The summed E-state index contributed by atoms with van der Waals surface area (Å²) in [5.74, 6) is 0.538. The zero-order valence-electron chi connectivity index (χ0n) is 10.0. The molecule has 0 fully saturated rings. The summed E-state index contributed by atoms with van der Waals surface area (Å²) in [7, 11) is 1.68. The van der Waals surface area contributed by atoms with Gasteiger partial charge in [-0.15, -0.1) is 0 Å². The number of nitrogen functional groups attached to an aromatic ring is 1. The predicted molar refractivity (Wildman–Crippen MR) is 61.7 cm³/mol. The van der Waals surface area contributed by atoms with E-state index < -0.39 is 12.7 Å². The molecular weight excluding hydrogens is 247 g/mol. The summed E-state index contributed by atoms with van der Waals surface area (Å²) in [6.45, 7) is -0.258. The van der Waals surface area contributed by atoms with Crippen LogP contribution >= 0.6 is 0 Å². The number of nitrogens with zero attached hydrogens (tertiary/aromatic N) is 3. The zero-order valence-corrected chi connectivity index (χ0v) is 10.0. The van der Waals surface area contributed by atoms with Gasteiger partial charge in [0.15, 0.2) is 0 Å². The van der Waals surface area contributed by atoms with E-state index in [-0.39, 0.29) is 24.7 Å². The van der Waals surface area contributed by atoms with Crippen molar-refractivity contribution in [3.8, 4) is 0 Å². The molecule has 3 N–H and O–H groups in total. The average Bonchev–Trinajstić information content (AvgIpc) is 2.24. The Kier molecular flexibility index (Phi) is 5.29. The van der Waals surface area contributed by atoms with Crippen molar-refractivity contribution in [3.05, 3.63) is 18.1 Å². The molecule has 0 bridgehead atoms. The van der Waals surface area contributed by atoms with E-state index in [1.807, 2.05) is 0 Å². The monoisotopic (exact) mass is 263 g/mol. The Morgan fingerprint density at radius 2 is 2.17 bits per heavy atom. The van der Waals surface area contributed by atoms with E-state index in [9.17, 15) is 13.2 Å². The number of aromatic nitrogens is 2. The summed E-state index contributed by atoms with van der Waals surface area (Å²) in [4.78, 5) is 9.01. The molecule has 0 unspecified atom stereocenters. The SMILES string of the molecule is CNCCN(Cc1nccc(N)n1)CC(F)(F)F. The molecule has 0 radical (unpaired) electrons. The van der Waals surface area contributed by atoms with Gasteiger partial charge in [0.1, 0.15) is 11.6 Å². The van der Waals surface area contributed by atoms with Gasteiger partial charge < -0.3 is 11.1 Å². The topological polar surface area (TPSA) is 67.1 Å². The number of hydrogen-bond acceptors (Lipinski definition) is 5. The van der Waals surface area contributed by atoms with Crippen molar-refractivity contribution in [2.45, 2.75) is 12.7 Å². The zero-order chi connectivity index (χ0) is 13.6. The van der Waals surface area contributed by atoms with Gasteiger partial charge in [0.25, 0.3) is 0 Å². The van der Waals surface area contributed by atoms with E-state index in [1.54, 1.807) is 7.05 Å². The molecule has 102 valence electrons. The van der Waals surface area contributed by atoms with Crippen LogP contribution in [0.3, 0.4) is 0 Å². The van der Waals surface area contributed by atoms with Crippen LogP contribution < -0.4 is 11.1 Å². The van der Waals surface area contributed by atoms with Crippen LogP contribution in [0.2, 0.25) is 0 Å². The van der Waals surface area contributed by atoms with Crippen molar-refractivity contribution < 1.29 is 13.2 Å². The van der Waals surface area contributed by atoms with E-state index in [0.717, 1.165) is 0 Å². The van der Waals surface area contributed by atoms with Crippen molar-refractivity contribution in [2.24, 2.45) is 0 Å². The minimum Gasteiger partial charge on any atom is -0.384 e. The normalized spacial score (nSPS) is 12.1. The summed E-state index contributed by atoms with van der Waals surface area (Å²) in [5, 5.41) is 2.81. The molecule has 0 aromatic carbocycles. The fraction of sp³-hybridized carbons (Fsp3) is 0.600. The van der Waals surface area contributed by atoms with E-state index >= 15 is 0 Å². The van der Waals surface area contributed by atoms with Gasteiger partial charge in [-0.2, -0.15) is 13.2 Å². The highest BCUT2D eigenvalue weighted by atomic mass is 19.4. The lowest BCUT2D eigenvalue weighted by Gasteiger charge is -2.22. The molecule has 0 aliphatic heterocycles. The predicted octanol–water partition coefficient (Wildman–Crippen LogP) is 0.642. The third kappa shape index (κ3) is 5.78. The van der Waals surface area contributed by atoms with Crippen molar-refractivity contribution in [3.63, 3.8) is 0 Å². The number of alkyl halides is 3. The van der Waals surface area contributed by atoms with E-state index in [4.69, 9.17) is 5.73 Å². The Bertz CT molecular complexity index is 369. The van der Waals surface area contributed by atoms with Crippen LogP contribution in [0.4, 0.5) is 19.0 Å². The van der Waals surface area contributed by atoms with Crippen molar-refractivity contribution >= 4 is 5.82 Å². The fourth-order valence-electron chi connectivity index (χ4n) is 1.43. The smallest absolute Gasteiger partial charge is 0.384 e. The molecule has 5 nitrogen and oxygen atoms in total. The average molecular weight is 263 g/mol. The Morgan fingerprint density at radius 1 is 1.44 bits per heavy atom. The van der Waals surface area contributed by atoms with Crippen molar-refractivity contribution in [1.29, 1.82) is 0 Å². The number of halogens is 3. The molecule has 1 rings (SSSR count). The lowest BCUT2D eigenvalue weighted by atomic mass is 10.4. The minimum atomic E-state index is -4.24. The third-order valence-corrected chi connectivity index (χ3v) is 2.17. The van der Waals surface area contributed by atoms with Gasteiger partial charge in [0, 0.05) is 19.3 Å². The number of nitrogens with two attached hydrogens (primary N) is 1. The molecule has 0 amide bonds. The second-order valence-electron chi connectivity index (χ2n) is 3.83. The Morgan fingerprint density at radius 3 is 2.72 bits per heavy atom. The molecule has 0 aliphatic carbocycles. The maximum atomic E-state index is 12.4. The first kappa shape index (κ1) is 14.7. The largest absolute Gasteiger partial charge is 0.401 e. The van der Waals surface area contributed by atoms with Crippen LogP contribution in [0.1, 0.15) is 5.82 Å². The first-order chi connectivity index (χ1) is 8.40. The second kappa shape index (κ2) is 6.50. The summed E-state index contributed by atoms with van der Waals surface area (Å²) in [5.41, 5.74) is 5.46. The quantitative estimate of drug-likeness (QED) is 0.788. The highest BCUT2D eigenvalue weighted by Crippen LogP contribution is 2.17. The number of hydrogen-bond donors (Lipinski definition) is 2. The molecule has 1 heterocycles. The van der Waals surface area contributed by atoms with Crippen molar-refractivity contribution in [1.82, 2.24) is 20.2 Å². The molecular formula is C10H16F3N5. The molecule has 1 aromatic rings. The van der Waals surface area contributed by atoms with Crippen LogP contribution in [-0.2, 0) is 6.54 Å². The van der Waals surface area contributed by atoms with Crippen molar-refractivity contribution in [2.75, 3.05) is 32.4 Å². The lowest BCUT2D eigenvalue weighted by Crippen LogP contribution is -2.38. The minimum absolute atomic E-state index is 0.0201. The number of anilines is 1. The number of likely N-dealkylation sites (N-methyl/N-ethyl adjacent to an activating group) is 1. The molecule has 8 heteroatoms. The summed E-state index contributed by atoms with van der Waals surface area (Å²) in [6, 6.07) is 1.49. The van der Waals surface area contributed by atoms with Crippen LogP contribution in [0.15, 0.2) is 12.3 Å². The Balaban J connectivity index is 2.65. The van der Waals surface area contributed by atoms with E-state index in [1.165, 1.54) is 17.2 Å². The molecule has 0 atom stereocenters. The molecule has 0 spiro atoms. The molecule has 0 saturated heterocycles. The van der Waals surface area contributed by atoms with Crippen LogP contribution in [0.25, 0.3) is 0 Å². The van der Waals surface area contributed by atoms with Crippen LogP contribution in [0.5, 0.6) is 0 Å². The highest BCUT2D eigenvalue weighted by molar-refractivity contribution is 5.24. The molecule has 0 saturated carbocycles. The molecule has 0 aliphatic rings. The van der Waals surface area contributed by atoms with Gasteiger partial charge >= 0.3 is 6.18 Å². The first-order valence-electron chi connectivity index (χ1n) is 5.42. The van der Waals surface area contributed by atoms with E-state index in [2.05, 4.69) is 15.3 Å². The van der Waals surface area contributed by atoms with Gasteiger partial charge in [-0.3, -0.25) is 4.90 Å². The Labute approximate surface area is 103 Å². The molecule has 18 heavy (non-hydrogen) atoms. The summed E-state index contributed by atoms with van der Waals surface area (Å²) in [6.07, 6.45) is -2.81.